The maximum atomic E-state index is 12.7. The van der Waals surface area contributed by atoms with Gasteiger partial charge in [-0.05, 0) is 75.4 Å². The molecule has 2 aliphatic heterocycles. The third-order valence-corrected chi connectivity index (χ3v) is 6.43. The highest BCUT2D eigenvalue weighted by Crippen LogP contribution is 2.23. The van der Waals surface area contributed by atoms with Crippen molar-refractivity contribution in [1.82, 2.24) is 14.9 Å². The largest absolute Gasteiger partial charge is 0.341 e. The number of rotatable bonds is 5. The number of nitrogens with one attached hydrogen (secondary N) is 1. The van der Waals surface area contributed by atoms with Crippen molar-refractivity contribution in [3.8, 4) is 0 Å². The summed E-state index contributed by atoms with van der Waals surface area (Å²) in [6, 6.07) is 10.3. The fourth-order valence-electron chi connectivity index (χ4n) is 4.35. The molecular weight excluding hydrogens is 374 g/mol. The zero-order chi connectivity index (χ0) is 20.9. The molecule has 160 valence electrons. The maximum Gasteiger partial charge on any atom is 0.227 e. The van der Waals surface area contributed by atoms with Gasteiger partial charge in [0.15, 0.2) is 0 Å². The number of hydrogen-bond donors (Lipinski definition) is 1. The molecule has 0 aliphatic carbocycles. The Kier molecular flexibility index (Phi) is 6.62. The normalized spacial score (nSPS) is 19.1. The van der Waals surface area contributed by atoms with Gasteiger partial charge < -0.3 is 10.2 Å². The summed E-state index contributed by atoms with van der Waals surface area (Å²) in [6.45, 7) is 9.32. The van der Waals surface area contributed by atoms with Gasteiger partial charge in [-0.15, -0.1) is 0 Å². The fourth-order valence-corrected chi connectivity index (χ4v) is 4.35. The van der Waals surface area contributed by atoms with Gasteiger partial charge in [-0.25, -0.2) is 9.97 Å². The van der Waals surface area contributed by atoms with Gasteiger partial charge in [0.25, 0.3) is 0 Å². The van der Waals surface area contributed by atoms with Crippen LogP contribution in [0.5, 0.6) is 0 Å². The second-order valence-electron chi connectivity index (χ2n) is 8.90. The van der Waals surface area contributed by atoms with Crippen LogP contribution in [0.25, 0.3) is 0 Å². The Bertz CT molecular complexity index is 837. The Morgan fingerprint density at radius 2 is 1.73 bits per heavy atom. The molecule has 2 aliphatic rings. The topological polar surface area (TPSA) is 61.4 Å². The Labute approximate surface area is 179 Å². The van der Waals surface area contributed by atoms with E-state index >= 15 is 0 Å². The number of piperidine rings is 2. The predicted octanol–water partition coefficient (Wildman–Crippen LogP) is 3.87. The number of aryl methyl sites for hydroxylation is 1. The molecule has 0 atom stereocenters. The molecule has 4 rings (SSSR count). The second kappa shape index (κ2) is 9.56. The Hall–Kier alpha value is -2.47. The minimum Gasteiger partial charge on any atom is -0.341 e. The lowest BCUT2D eigenvalue weighted by molar-refractivity contribution is -0.120. The molecule has 1 aromatic carbocycles. The van der Waals surface area contributed by atoms with E-state index in [1.165, 1.54) is 31.5 Å². The van der Waals surface area contributed by atoms with Crippen LogP contribution in [0.2, 0.25) is 0 Å². The van der Waals surface area contributed by atoms with Crippen LogP contribution in [-0.4, -0.2) is 47.0 Å². The van der Waals surface area contributed by atoms with Crippen LogP contribution >= 0.6 is 0 Å². The first-order chi connectivity index (χ1) is 14.6. The van der Waals surface area contributed by atoms with E-state index < -0.39 is 0 Å². The number of carbonyl (C=O) groups excluding carboxylic acids is 1. The van der Waals surface area contributed by atoms with Crippen molar-refractivity contribution in [3.05, 3.63) is 47.8 Å². The summed E-state index contributed by atoms with van der Waals surface area (Å²) in [5, 5.41) is 3.11. The molecule has 0 unspecified atom stereocenters. The summed E-state index contributed by atoms with van der Waals surface area (Å²) in [4.78, 5) is 26.3. The van der Waals surface area contributed by atoms with E-state index in [1.54, 1.807) is 6.20 Å². The molecule has 1 N–H and O–H groups in total. The molecule has 6 nitrogen and oxygen atoms in total. The van der Waals surface area contributed by atoms with Gasteiger partial charge in [0.1, 0.15) is 0 Å². The van der Waals surface area contributed by atoms with Gasteiger partial charge in [-0.2, -0.15) is 0 Å². The average Bonchev–Trinajstić information content (AvgIpc) is 2.77. The summed E-state index contributed by atoms with van der Waals surface area (Å²) >= 11 is 0. The monoisotopic (exact) mass is 407 g/mol. The standard InChI is InChI=1S/C24H33N5O/c1-18-8-13-28(14-9-18)17-20-3-5-22(6-4-20)27-23(30)21-10-15-29(16-11-21)24-25-12-7-19(2)26-24/h3-7,12,18,21H,8-11,13-17H2,1-2H3,(H,27,30). The van der Waals surface area contributed by atoms with Crippen molar-refractivity contribution in [2.45, 2.75) is 46.1 Å². The SMILES string of the molecule is Cc1ccnc(N2CCC(C(=O)Nc3ccc(CN4CCC(C)CC4)cc3)CC2)n1. The van der Waals surface area contributed by atoms with Gasteiger partial charge in [0, 0.05) is 43.1 Å². The summed E-state index contributed by atoms with van der Waals surface area (Å²) in [7, 11) is 0. The van der Waals surface area contributed by atoms with E-state index in [4.69, 9.17) is 0 Å². The number of hydrogen-bond acceptors (Lipinski definition) is 5. The summed E-state index contributed by atoms with van der Waals surface area (Å²) in [5.74, 6) is 1.79. The Morgan fingerprint density at radius 1 is 1.03 bits per heavy atom. The molecule has 2 aromatic rings. The van der Waals surface area contributed by atoms with E-state index in [0.29, 0.717) is 0 Å². The zero-order valence-corrected chi connectivity index (χ0v) is 18.2. The van der Waals surface area contributed by atoms with E-state index in [-0.39, 0.29) is 11.8 Å². The molecule has 30 heavy (non-hydrogen) atoms. The molecule has 1 aromatic heterocycles. The van der Waals surface area contributed by atoms with Crippen molar-refractivity contribution in [3.63, 3.8) is 0 Å². The van der Waals surface area contributed by atoms with Crippen LogP contribution in [-0.2, 0) is 11.3 Å². The summed E-state index contributed by atoms with van der Waals surface area (Å²) in [6.07, 6.45) is 6.04. The summed E-state index contributed by atoms with van der Waals surface area (Å²) in [5.41, 5.74) is 3.17. The number of likely N-dealkylation sites (tertiary alicyclic amines) is 1. The maximum absolute atomic E-state index is 12.7. The van der Waals surface area contributed by atoms with E-state index in [1.807, 2.05) is 25.1 Å². The lowest BCUT2D eigenvalue weighted by Gasteiger charge is -2.31. The van der Waals surface area contributed by atoms with E-state index in [0.717, 1.165) is 55.7 Å². The second-order valence-corrected chi connectivity index (χ2v) is 8.90. The Balaban J connectivity index is 1.25. The highest BCUT2D eigenvalue weighted by molar-refractivity contribution is 5.92. The third kappa shape index (κ3) is 5.36. The van der Waals surface area contributed by atoms with Gasteiger partial charge in [0.2, 0.25) is 11.9 Å². The number of nitrogens with zero attached hydrogens (tertiary/aromatic N) is 4. The predicted molar refractivity (Wildman–Crippen MR) is 120 cm³/mol. The van der Waals surface area contributed by atoms with Crippen LogP contribution in [0.15, 0.2) is 36.5 Å². The van der Waals surface area contributed by atoms with Crippen LogP contribution < -0.4 is 10.2 Å². The van der Waals surface area contributed by atoms with Crippen LogP contribution in [0, 0.1) is 18.8 Å². The number of carbonyl (C=O) groups is 1. The molecule has 6 heteroatoms. The molecule has 1 amide bonds. The Morgan fingerprint density at radius 3 is 2.40 bits per heavy atom. The van der Waals surface area contributed by atoms with E-state index in [9.17, 15) is 4.79 Å². The van der Waals surface area contributed by atoms with Gasteiger partial charge in [0.05, 0.1) is 0 Å². The first-order valence-corrected chi connectivity index (χ1v) is 11.2. The molecular formula is C24H33N5O. The van der Waals surface area contributed by atoms with Crippen LogP contribution in [0.1, 0.15) is 43.9 Å². The zero-order valence-electron chi connectivity index (χ0n) is 18.2. The average molecular weight is 408 g/mol. The van der Waals surface area contributed by atoms with Crippen LogP contribution in [0.4, 0.5) is 11.6 Å². The molecule has 3 heterocycles. The first-order valence-electron chi connectivity index (χ1n) is 11.2. The minimum atomic E-state index is 0.0427. The van der Waals surface area contributed by atoms with Crippen LogP contribution in [0.3, 0.4) is 0 Å². The van der Waals surface area contributed by atoms with E-state index in [2.05, 4.69) is 44.1 Å². The van der Waals surface area contributed by atoms with Crippen molar-refractivity contribution in [1.29, 1.82) is 0 Å². The number of benzene rings is 1. The van der Waals surface area contributed by atoms with Crippen molar-refractivity contribution < 1.29 is 4.79 Å². The third-order valence-electron chi connectivity index (χ3n) is 6.43. The number of amides is 1. The molecule has 2 fully saturated rings. The van der Waals surface area contributed by atoms with Gasteiger partial charge >= 0.3 is 0 Å². The fraction of sp³-hybridized carbons (Fsp3) is 0.542. The molecule has 0 spiro atoms. The molecule has 0 saturated carbocycles. The minimum absolute atomic E-state index is 0.0427. The number of aromatic nitrogens is 2. The van der Waals surface area contributed by atoms with Gasteiger partial charge in [-0.1, -0.05) is 19.1 Å². The lowest BCUT2D eigenvalue weighted by Crippen LogP contribution is -2.39. The molecule has 0 bridgehead atoms. The highest BCUT2D eigenvalue weighted by Gasteiger charge is 2.26. The molecule has 2 saturated heterocycles. The van der Waals surface area contributed by atoms with Crippen molar-refractivity contribution >= 4 is 17.5 Å². The molecule has 0 radical (unpaired) electrons. The van der Waals surface area contributed by atoms with Crippen molar-refractivity contribution in [2.75, 3.05) is 36.4 Å². The smallest absolute Gasteiger partial charge is 0.227 e. The lowest BCUT2D eigenvalue weighted by atomic mass is 9.96. The van der Waals surface area contributed by atoms with Crippen molar-refractivity contribution in [2.24, 2.45) is 11.8 Å². The quantitative estimate of drug-likeness (QED) is 0.815. The highest BCUT2D eigenvalue weighted by atomic mass is 16.1. The first kappa shape index (κ1) is 20.8. The number of anilines is 2. The summed E-state index contributed by atoms with van der Waals surface area (Å²) < 4.78 is 0. The van der Waals surface area contributed by atoms with Gasteiger partial charge in [-0.3, -0.25) is 9.69 Å².